The van der Waals surface area contributed by atoms with E-state index in [2.05, 4.69) is 37.2 Å². The number of ether oxygens (including phenoxy) is 1. The Kier molecular flexibility index (Phi) is 3.93. The molecule has 1 spiro atoms. The maximum atomic E-state index is 6.53. The molecule has 0 amide bonds. The zero-order valence-corrected chi connectivity index (χ0v) is 14.2. The van der Waals surface area contributed by atoms with Crippen molar-refractivity contribution >= 4 is 11.6 Å². The van der Waals surface area contributed by atoms with E-state index in [4.69, 9.17) is 16.3 Å². The molecule has 3 nitrogen and oxygen atoms in total. The lowest BCUT2D eigenvalue weighted by Gasteiger charge is -2.47. The maximum absolute atomic E-state index is 6.53. The van der Waals surface area contributed by atoms with Gasteiger partial charge >= 0.3 is 0 Å². The number of fused-ring (bicyclic) bond motifs is 1. The summed E-state index contributed by atoms with van der Waals surface area (Å²) in [6, 6.07) is 2.45. The number of halogens is 1. The highest BCUT2D eigenvalue weighted by molar-refractivity contribution is 6.32. The number of nitrogens with one attached hydrogen (secondary N) is 1. The van der Waals surface area contributed by atoms with Gasteiger partial charge in [-0.1, -0.05) is 11.6 Å². The minimum absolute atomic E-state index is 0.0140. The second kappa shape index (κ2) is 5.45. The number of likely N-dealkylation sites (tertiary alicyclic amines) is 1. The Bertz CT molecular complexity index is 550. The van der Waals surface area contributed by atoms with Crippen LogP contribution in [0.3, 0.4) is 0 Å². The van der Waals surface area contributed by atoms with Gasteiger partial charge in [-0.15, -0.1) is 0 Å². The van der Waals surface area contributed by atoms with Gasteiger partial charge < -0.3 is 15.0 Å². The first-order valence-electron chi connectivity index (χ1n) is 7.80. The molecule has 1 atom stereocenters. The first-order chi connectivity index (χ1) is 9.96. The summed E-state index contributed by atoms with van der Waals surface area (Å²) in [5, 5.41) is 4.35. The minimum atomic E-state index is -0.0140. The van der Waals surface area contributed by atoms with Crippen LogP contribution in [-0.4, -0.2) is 37.7 Å². The number of hydrogen-bond donors (Lipinski definition) is 1. The summed E-state index contributed by atoms with van der Waals surface area (Å²) in [5.74, 6) is 1.03. The summed E-state index contributed by atoms with van der Waals surface area (Å²) in [6.07, 6.45) is 3.23. The molecule has 1 aromatic rings. The second-order valence-electron chi connectivity index (χ2n) is 6.68. The molecule has 3 rings (SSSR count). The predicted octanol–water partition coefficient (Wildman–Crippen LogP) is 3.46. The van der Waals surface area contributed by atoms with E-state index in [9.17, 15) is 0 Å². The number of nitrogens with zero attached hydrogens (tertiary/aromatic N) is 1. The van der Waals surface area contributed by atoms with E-state index in [1.807, 2.05) is 7.05 Å². The molecule has 0 bridgehead atoms. The fourth-order valence-electron chi connectivity index (χ4n) is 3.78. The van der Waals surface area contributed by atoms with Gasteiger partial charge in [-0.25, -0.2) is 0 Å². The Morgan fingerprint density at radius 1 is 1.33 bits per heavy atom. The molecule has 0 aliphatic carbocycles. The predicted molar refractivity (Wildman–Crippen MR) is 87.4 cm³/mol. The lowest BCUT2D eigenvalue weighted by molar-refractivity contribution is -0.0197. The molecule has 0 radical (unpaired) electrons. The molecule has 1 aromatic carbocycles. The third kappa shape index (κ3) is 2.56. The van der Waals surface area contributed by atoms with Crippen molar-refractivity contribution in [1.82, 2.24) is 10.2 Å². The van der Waals surface area contributed by atoms with Gasteiger partial charge in [0, 0.05) is 36.1 Å². The third-order valence-corrected chi connectivity index (χ3v) is 5.77. The van der Waals surface area contributed by atoms with Crippen LogP contribution in [0.15, 0.2) is 6.07 Å². The third-order valence-electron chi connectivity index (χ3n) is 5.19. The van der Waals surface area contributed by atoms with Gasteiger partial charge in [0.05, 0.1) is 0 Å². The SMILES string of the molecule is CNC1CC2(CCN(C)CC2)Oc2cc(C)c(Cl)c(C)c21. The van der Waals surface area contributed by atoms with Gasteiger partial charge in [-0.2, -0.15) is 0 Å². The highest BCUT2D eigenvalue weighted by Gasteiger charge is 2.43. The van der Waals surface area contributed by atoms with Crippen molar-refractivity contribution in [3.05, 3.63) is 27.8 Å². The summed E-state index contributed by atoms with van der Waals surface area (Å²) in [6.45, 7) is 6.38. The summed E-state index contributed by atoms with van der Waals surface area (Å²) in [7, 11) is 4.23. The fourth-order valence-corrected chi connectivity index (χ4v) is 3.94. The highest BCUT2D eigenvalue weighted by atomic mass is 35.5. The highest BCUT2D eigenvalue weighted by Crippen LogP contribution is 2.47. The summed E-state index contributed by atoms with van der Waals surface area (Å²) >= 11 is 6.44. The van der Waals surface area contributed by atoms with Crippen molar-refractivity contribution in [2.24, 2.45) is 0 Å². The molecule has 4 heteroatoms. The van der Waals surface area contributed by atoms with Gasteiger partial charge in [0.15, 0.2) is 0 Å². The molecular formula is C17H25ClN2O. The molecule has 116 valence electrons. The molecular weight excluding hydrogens is 284 g/mol. The van der Waals surface area contributed by atoms with Gasteiger partial charge in [0.1, 0.15) is 11.4 Å². The van der Waals surface area contributed by atoms with Crippen LogP contribution < -0.4 is 10.1 Å². The molecule has 1 N–H and O–H groups in total. The van der Waals surface area contributed by atoms with Crippen LogP contribution in [0.2, 0.25) is 5.02 Å². The average molecular weight is 309 g/mol. The standard InChI is InChI=1S/C17H25ClN2O/c1-11-9-14-15(12(2)16(11)18)13(19-3)10-17(21-14)5-7-20(4)8-6-17/h9,13,19H,5-8,10H2,1-4H3. The van der Waals surface area contributed by atoms with Crippen molar-refractivity contribution in [3.8, 4) is 5.75 Å². The number of rotatable bonds is 1. The smallest absolute Gasteiger partial charge is 0.125 e. The normalized spacial score (nSPS) is 24.7. The first-order valence-corrected chi connectivity index (χ1v) is 8.18. The number of hydrogen-bond acceptors (Lipinski definition) is 3. The van der Waals surface area contributed by atoms with Crippen LogP contribution in [0.1, 0.15) is 42.0 Å². The Morgan fingerprint density at radius 2 is 2.00 bits per heavy atom. The van der Waals surface area contributed by atoms with E-state index in [1.54, 1.807) is 0 Å². The molecule has 2 aliphatic heterocycles. The fraction of sp³-hybridized carbons (Fsp3) is 0.647. The van der Waals surface area contributed by atoms with Crippen LogP contribution in [0.4, 0.5) is 0 Å². The van der Waals surface area contributed by atoms with Crippen molar-refractivity contribution in [2.75, 3.05) is 27.2 Å². The zero-order valence-electron chi connectivity index (χ0n) is 13.4. The van der Waals surface area contributed by atoms with Crippen LogP contribution in [0, 0.1) is 13.8 Å². The van der Waals surface area contributed by atoms with Crippen LogP contribution in [0.5, 0.6) is 5.75 Å². The average Bonchev–Trinajstić information content (AvgIpc) is 2.47. The van der Waals surface area contributed by atoms with Gasteiger partial charge in [0.25, 0.3) is 0 Å². The van der Waals surface area contributed by atoms with Crippen LogP contribution in [0.25, 0.3) is 0 Å². The molecule has 1 saturated heterocycles. The topological polar surface area (TPSA) is 24.5 Å². The van der Waals surface area contributed by atoms with E-state index in [1.165, 1.54) is 5.56 Å². The maximum Gasteiger partial charge on any atom is 0.125 e. The number of benzene rings is 1. The lowest BCUT2D eigenvalue weighted by Crippen LogP contribution is -2.51. The first kappa shape index (κ1) is 15.1. The Morgan fingerprint density at radius 3 is 2.62 bits per heavy atom. The summed E-state index contributed by atoms with van der Waals surface area (Å²) < 4.78 is 6.53. The lowest BCUT2D eigenvalue weighted by atomic mass is 9.79. The van der Waals surface area contributed by atoms with Crippen molar-refractivity contribution in [2.45, 2.75) is 44.8 Å². The quantitative estimate of drug-likeness (QED) is 0.860. The minimum Gasteiger partial charge on any atom is -0.487 e. The molecule has 1 fully saturated rings. The van der Waals surface area contributed by atoms with E-state index in [0.29, 0.717) is 6.04 Å². The van der Waals surface area contributed by atoms with Crippen molar-refractivity contribution in [3.63, 3.8) is 0 Å². The van der Waals surface area contributed by atoms with E-state index >= 15 is 0 Å². The molecule has 2 aliphatic rings. The van der Waals surface area contributed by atoms with E-state index in [-0.39, 0.29) is 5.60 Å². The van der Waals surface area contributed by atoms with Gasteiger partial charge in [-0.3, -0.25) is 0 Å². The van der Waals surface area contributed by atoms with E-state index < -0.39 is 0 Å². The van der Waals surface area contributed by atoms with E-state index in [0.717, 1.165) is 54.3 Å². The molecule has 21 heavy (non-hydrogen) atoms. The number of piperidine rings is 1. The van der Waals surface area contributed by atoms with Crippen LogP contribution >= 0.6 is 11.6 Å². The van der Waals surface area contributed by atoms with Gasteiger partial charge in [-0.05, 0) is 58.0 Å². The Labute approximate surface area is 132 Å². The van der Waals surface area contributed by atoms with Crippen LogP contribution in [-0.2, 0) is 0 Å². The molecule has 0 saturated carbocycles. The second-order valence-corrected chi connectivity index (χ2v) is 7.06. The number of aryl methyl sites for hydroxylation is 1. The monoisotopic (exact) mass is 308 g/mol. The Balaban J connectivity index is 2.02. The summed E-state index contributed by atoms with van der Waals surface area (Å²) in [5.41, 5.74) is 3.50. The van der Waals surface area contributed by atoms with Crippen molar-refractivity contribution in [1.29, 1.82) is 0 Å². The zero-order chi connectivity index (χ0) is 15.2. The largest absolute Gasteiger partial charge is 0.487 e. The summed E-state index contributed by atoms with van der Waals surface area (Å²) in [4.78, 5) is 2.39. The Hall–Kier alpha value is -0.770. The molecule has 2 heterocycles. The van der Waals surface area contributed by atoms with Gasteiger partial charge in [0.2, 0.25) is 0 Å². The molecule has 1 unspecified atom stereocenters. The molecule has 0 aromatic heterocycles. The van der Waals surface area contributed by atoms with Crippen molar-refractivity contribution < 1.29 is 4.74 Å².